The molecular weight excluding hydrogens is 398 g/mol. The predicted octanol–water partition coefficient (Wildman–Crippen LogP) is 4.39. The molecule has 2 heterocycles. The Bertz CT molecular complexity index is 1070. The van der Waals surface area contributed by atoms with Gasteiger partial charge < -0.3 is 13.8 Å². The van der Waals surface area contributed by atoms with Crippen LogP contribution in [-0.4, -0.2) is 24.9 Å². The second-order valence-corrected chi connectivity index (χ2v) is 7.19. The van der Waals surface area contributed by atoms with E-state index < -0.39 is 0 Å². The second-order valence-electron chi connectivity index (χ2n) is 5.84. The molecule has 0 saturated heterocycles. The fourth-order valence-electron chi connectivity index (χ4n) is 2.44. The first-order valence-electron chi connectivity index (χ1n) is 8.47. The van der Waals surface area contributed by atoms with Crippen molar-refractivity contribution in [1.82, 2.24) is 24.9 Å². The molecule has 4 aromatic rings. The van der Waals surface area contributed by atoms with Crippen molar-refractivity contribution in [3.05, 3.63) is 71.3 Å². The van der Waals surface area contributed by atoms with E-state index in [2.05, 4.69) is 20.3 Å². The molecular formula is C19H16ClN5O2S. The summed E-state index contributed by atoms with van der Waals surface area (Å²) in [5.74, 6) is 2.90. The van der Waals surface area contributed by atoms with Crippen LogP contribution < -0.4 is 4.74 Å². The molecule has 0 fully saturated rings. The molecule has 0 bridgehead atoms. The summed E-state index contributed by atoms with van der Waals surface area (Å²) in [5.41, 5.74) is 0.917. The molecule has 28 heavy (non-hydrogen) atoms. The number of para-hydroxylation sites is 1. The van der Waals surface area contributed by atoms with Crippen LogP contribution in [0.3, 0.4) is 0 Å². The first-order chi connectivity index (χ1) is 13.7. The minimum atomic E-state index is 0.270. The van der Waals surface area contributed by atoms with Gasteiger partial charge in [0.1, 0.15) is 12.4 Å². The van der Waals surface area contributed by atoms with Crippen molar-refractivity contribution in [3.8, 4) is 17.1 Å². The maximum absolute atomic E-state index is 6.10. The van der Waals surface area contributed by atoms with Crippen LogP contribution in [0.2, 0.25) is 5.02 Å². The Morgan fingerprint density at radius 2 is 1.86 bits per heavy atom. The van der Waals surface area contributed by atoms with Crippen molar-refractivity contribution in [2.45, 2.75) is 17.5 Å². The van der Waals surface area contributed by atoms with Gasteiger partial charge in [-0.25, -0.2) is 0 Å². The highest BCUT2D eigenvalue weighted by Crippen LogP contribution is 2.25. The van der Waals surface area contributed by atoms with Crippen molar-refractivity contribution in [1.29, 1.82) is 0 Å². The molecule has 0 aliphatic carbocycles. The molecule has 0 N–H and O–H groups in total. The first kappa shape index (κ1) is 18.5. The monoisotopic (exact) mass is 413 g/mol. The summed E-state index contributed by atoms with van der Waals surface area (Å²) in [6.07, 6.45) is 0. The lowest BCUT2D eigenvalue weighted by Crippen LogP contribution is -2.04. The van der Waals surface area contributed by atoms with E-state index in [1.807, 2.05) is 60.1 Å². The lowest BCUT2D eigenvalue weighted by atomic mass is 10.2. The van der Waals surface area contributed by atoms with Gasteiger partial charge in [0.25, 0.3) is 0 Å². The van der Waals surface area contributed by atoms with Crippen molar-refractivity contribution >= 4 is 23.4 Å². The van der Waals surface area contributed by atoms with Gasteiger partial charge in [0.2, 0.25) is 11.7 Å². The second kappa shape index (κ2) is 8.45. The van der Waals surface area contributed by atoms with Crippen LogP contribution in [0.1, 0.15) is 11.7 Å². The molecule has 0 radical (unpaired) electrons. The number of benzene rings is 2. The fourth-order valence-corrected chi connectivity index (χ4v) is 3.40. The zero-order valence-corrected chi connectivity index (χ0v) is 16.5. The topological polar surface area (TPSA) is 78.9 Å². The van der Waals surface area contributed by atoms with Crippen LogP contribution >= 0.6 is 23.4 Å². The highest BCUT2D eigenvalue weighted by atomic mass is 35.5. The van der Waals surface area contributed by atoms with Crippen molar-refractivity contribution < 1.29 is 9.26 Å². The van der Waals surface area contributed by atoms with E-state index >= 15 is 0 Å². The van der Waals surface area contributed by atoms with Crippen molar-refractivity contribution in [2.24, 2.45) is 7.05 Å². The Hall–Kier alpha value is -2.84. The zero-order chi connectivity index (χ0) is 19.3. The number of rotatable bonds is 7. The van der Waals surface area contributed by atoms with Gasteiger partial charge in [-0.15, -0.1) is 10.2 Å². The summed E-state index contributed by atoms with van der Waals surface area (Å²) in [4.78, 5) is 4.42. The summed E-state index contributed by atoms with van der Waals surface area (Å²) in [5, 5.41) is 13.7. The van der Waals surface area contributed by atoms with Gasteiger partial charge in [-0.05, 0) is 12.1 Å². The van der Waals surface area contributed by atoms with E-state index in [9.17, 15) is 0 Å². The van der Waals surface area contributed by atoms with Crippen LogP contribution in [0.5, 0.6) is 5.75 Å². The van der Waals surface area contributed by atoms with E-state index in [0.717, 1.165) is 10.7 Å². The molecule has 0 aliphatic rings. The SMILES string of the molecule is Cn1c(COc2ccccc2Cl)nnc1SCc1nc(-c2ccccc2)no1. The molecule has 0 aliphatic heterocycles. The minimum Gasteiger partial charge on any atom is -0.484 e. The lowest BCUT2D eigenvalue weighted by Gasteiger charge is -2.07. The summed E-state index contributed by atoms with van der Waals surface area (Å²) in [6, 6.07) is 17.0. The minimum absolute atomic E-state index is 0.270. The third-order valence-corrected chi connectivity index (χ3v) is 5.26. The molecule has 0 unspecified atom stereocenters. The van der Waals surface area contributed by atoms with E-state index in [1.165, 1.54) is 11.8 Å². The van der Waals surface area contributed by atoms with Crippen LogP contribution in [-0.2, 0) is 19.4 Å². The smallest absolute Gasteiger partial charge is 0.237 e. The Labute approximate surface area is 170 Å². The number of thioether (sulfide) groups is 1. The van der Waals surface area contributed by atoms with Gasteiger partial charge in [-0.3, -0.25) is 0 Å². The van der Waals surface area contributed by atoms with Gasteiger partial charge >= 0.3 is 0 Å². The third kappa shape index (κ3) is 4.18. The summed E-state index contributed by atoms with van der Waals surface area (Å²) < 4.78 is 12.9. The standard InChI is InChI=1S/C19H16ClN5O2S/c1-25-16(11-26-15-10-6-5-9-14(15)20)22-23-19(25)28-12-17-21-18(24-27-17)13-7-3-2-4-8-13/h2-10H,11-12H2,1H3. The first-order valence-corrected chi connectivity index (χ1v) is 9.83. The van der Waals surface area contributed by atoms with Crippen LogP contribution in [0, 0.1) is 0 Å². The Morgan fingerprint density at radius 1 is 1.07 bits per heavy atom. The molecule has 9 heteroatoms. The van der Waals surface area contributed by atoms with E-state index in [1.54, 1.807) is 6.07 Å². The quantitative estimate of drug-likeness (QED) is 0.415. The van der Waals surface area contributed by atoms with Gasteiger partial charge in [0, 0.05) is 12.6 Å². The van der Waals surface area contributed by atoms with E-state index in [0.29, 0.717) is 34.1 Å². The number of nitrogens with zero attached hydrogens (tertiary/aromatic N) is 5. The average Bonchev–Trinajstić information content (AvgIpc) is 3.33. The summed E-state index contributed by atoms with van der Waals surface area (Å²) in [7, 11) is 1.89. The van der Waals surface area contributed by atoms with Gasteiger partial charge in [0.15, 0.2) is 11.0 Å². The van der Waals surface area contributed by atoms with E-state index in [-0.39, 0.29) is 6.61 Å². The molecule has 2 aromatic heterocycles. The molecule has 2 aromatic carbocycles. The van der Waals surface area contributed by atoms with E-state index in [4.69, 9.17) is 20.9 Å². The normalized spacial score (nSPS) is 10.9. The molecule has 0 spiro atoms. The number of aromatic nitrogens is 5. The Kier molecular flexibility index (Phi) is 5.59. The van der Waals surface area contributed by atoms with Crippen molar-refractivity contribution in [3.63, 3.8) is 0 Å². The highest BCUT2D eigenvalue weighted by molar-refractivity contribution is 7.98. The Morgan fingerprint density at radius 3 is 2.68 bits per heavy atom. The fraction of sp³-hybridized carbons (Fsp3) is 0.158. The molecule has 0 saturated carbocycles. The number of halogens is 1. The summed E-state index contributed by atoms with van der Waals surface area (Å²) >= 11 is 7.57. The average molecular weight is 414 g/mol. The maximum Gasteiger partial charge on any atom is 0.237 e. The molecule has 0 atom stereocenters. The highest BCUT2D eigenvalue weighted by Gasteiger charge is 2.14. The van der Waals surface area contributed by atoms with Crippen LogP contribution in [0.15, 0.2) is 64.3 Å². The lowest BCUT2D eigenvalue weighted by molar-refractivity contribution is 0.290. The molecule has 4 rings (SSSR count). The summed E-state index contributed by atoms with van der Waals surface area (Å²) in [6.45, 7) is 0.270. The Balaban J connectivity index is 1.37. The van der Waals surface area contributed by atoms with Gasteiger partial charge in [-0.2, -0.15) is 4.98 Å². The maximum atomic E-state index is 6.10. The zero-order valence-electron chi connectivity index (χ0n) is 14.9. The van der Waals surface area contributed by atoms with Gasteiger partial charge in [-0.1, -0.05) is 71.0 Å². The largest absolute Gasteiger partial charge is 0.484 e. The van der Waals surface area contributed by atoms with Crippen LogP contribution in [0.25, 0.3) is 11.4 Å². The third-order valence-electron chi connectivity index (χ3n) is 3.94. The number of hydrogen-bond acceptors (Lipinski definition) is 7. The van der Waals surface area contributed by atoms with Crippen molar-refractivity contribution in [2.75, 3.05) is 0 Å². The molecule has 142 valence electrons. The number of ether oxygens (including phenoxy) is 1. The van der Waals surface area contributed by atoms with Crippen LogP contribution in [0.4, 0.5) is 0 Å². The predicted molar refractivity (Wildman–Crippen MR) is 106 cm³/mol. The number of hydrogen-bond donors (Lipinski definition) is 0. The molecule has 0 amide bonds. The molecule has 7 nitrogen and oxygen atoms in total. The van der Waals surface area contributed by atoms with Gasteiger partial charge in [0.05, 0.1) is 10.8 Å².